The Morgan fingerprint density at radius 1 is 1.11 bits per heavy atom. The minimum absolute atomic E-state index is 0.105. The fourth-order valence-electron chi connectivity index (χ4n) is 1.75. The highest BCUT2D eigenvalue weighted by Gasteiger charge is 2.18. The molecule has 0 amide bonds. The highest BCUT2D eigenvalue weighted by atomic mass is 79.9. The zero-order valence-electron chi connectivity index (χ0n) is 9.85. The molecule has 5 heteroatoms. The highest BCUT2D eigenvalue weighted by molar-refractivity contribution is 9.11. The van der Waals surface area contributed by atoms with Crippen molar-refractivity contribution in [2.45, 2.75) is 11.8 Å². The van der Waals surface area contributed by atoms with Crippen LogP contribution in [0.5, 0.6) is 0 Å². The number of benzene rings is 2. The first-order chi connectivity index (χ1) is 8.90. The van der Waals surface area contributed by atoms with Crippen LogP contribution >= 0.6 is 59.4 Å². The minimum Gasteiger partial charge on any atom is -0.207 e. The first-order valence-corrected chi connectivity index (χ1v) is 8.32. The van der Waals surface area contributed by atoms with Crippen LogP contribution in [0.25, 0.3) is 0 Å². The van der Waals surface area contributed by atoms with Crippen LogP contribution in [0, 0.1) is 12.7 Å². The molecule has 0 aliphatic rings. The molecule has 0 N–H and O–H groups in total. The Hall–Kier alpha value is 0.1000. The van der Waals surface area contributed by atoms with Gasteiger partial charge in [0.1, 0.15) is 5.82 Å². The molecule has 2 aromatic rings. The van der Waals surface area contributed by atoms with E-state index in [0.29, 0.717) is 10.6 Å². The van der Waals surface area contributed by atoms with Crippen molar-refractivity contribution >= 4 is 59.4 Å². The van der Waals surface area contributed by atoms with E-state index in [1.165, 1.54) is 6.07 Å². The average molecular weight is 471 g/mol. The van der Waals surface area contributed by atoms with Crippen LogP contribution in [0.4, 0.5) is 4.39 Å². The summed E-state index contributed by atoms with van der Waals surface area (Å²) in [5.74, 6) is -0.290. The van der Waals surface area contributed by atoms with Gasteiger partial charge in [-0.3, -0.25) is 0 Å². The van der Waals surface area contributed by atoms with Gasteiger partial charge in [0, 0.05) is 14.0 Å². The van der Waals surface area contributed by atoms with Gasteiger partial charge in [0.15, 0.2) is 0 Å². The third-order valence-corrected chi connectivity index (χ3v) is 5.31. The van der Waals surface area contributed by atoms with Crippen LogP contribution in [-0.2, 0) is 0 Å². The van der Waals surface area contributed by atoms with E-state index in [1.807, 2.05) is 18.2 Å². The predicted octanol–water partition coefficient (Wildman–Crippen LogP) is 6.80. The molecule has 0 aliphatic carbocycles. The van der Waals surface area contributed by atoms with Gasteiger partial charge in [0.05, 0.1) is 4.83 Å². The summed E-state index contributed by atoms with van der Waals surface area (Å²) in [6.07, 6.45) is 0. The molecular formula is C14H9Br3ClF. The number of halogens is 5. The topological polar surface area (TPSA) is 0 Å². The fraction of sp³-hybridized carbons (Fsp3) is 0.143. The van der Waals surface area contributed by atoms with Crippen molar-refractivity contribution in [1.82, 2.24) is 0 Å². The SMILES string of the molecule is Cc1cc(C(Br)c2cc(Br)ccc2Br)c(Cl)cc1F. The van der Waals surface area contributed by atoms with Gasteiger partial charge in [0.2, 0.25) is 0 Å². The summed E-state index contributed by atoms with van der Waals surface area (Å²) in [5, 5.41) is 0.414. The smallest absolute Gasteiger partial charge is 0.127 e. The second-order valence-electron chi connectivity index (χ2n) is 4.15. The number of alkyl halides is 1. The van der Waals surface area contributed by atoms with Crippen LogP contribution in [0.1, 0.15) is 21.5 Å². The van der Waals surface area contributed by atoms with Crippen LogP contribution in [0.2, 0.25) is 5.02 Å². The molecule has 0 heterocycles. The van der Waals surface area contributed by atoms with Crippen molar-refractivity contribution in [2.24, 2.45) is 0 Å². The van der Waals surface area contributed by atoms with E-state index in [1.54, 1.807) is 13.0 Å². The molecule has 1 unspecified atom stereocenters. The molecule has 0 nitrogen and oxygen atoms in total. The van der Waals surface area contributed by atoms with Crippen LogP contribution in [-0.4, -0.2) is 0 Å². The van der Waals surface area contributed by atoms with Crippen LogP contribution < -0.4 is 0 Å². The van der Waals surface area contributed by atoms with Crippen molar-refractivity contribution in [1.29, 1.82) is 0 Å². The number of hydrogen-bond donors (Lipinski definition) is 0. The standard InChI is InChI=1S/C14H9Br3ClF/c1-7-4-10(12(18)6-13(7)19)14(17)9-5-8(15)2-3-11(9)16/h2-6,14H,1H3. The van der Waals surface area contributed by atoms with Crippen molar-refractivity contribution in [3.05, 3.63) is 66.8 Å². The van der Waals surface area contributed by atoms with Gasteiger partial charge < -0.3 is 0 Å². The summed E-state index contributed by atoms with van der Waals surface area (Å²) in [6.45, 7) is 1.73. The zero-order valence-corrected chi connectivity index (χ0v) is 15.4. The van der Waals surface area contributed by atoms with E-state index in [-0.39, 0.29) is 10.6 Å². The Bertz CT molecular complexity index is 628. The monoisotopic (exact) mass is 468 g/mol. The van der Waals surface area contributed by atoms with E-state index in [2.05, 4.69) is 47.8 Å². The van der Waals surface area contributed by atoms with Crippen LogP contribution in [0.3, 0.4) is 0 Å². The third kappa shape index (κ3) is 3.41. The summed E-state index contributed by atoms with van der Waals surface area (Å²) < 4.78 is 15.4. The van der Waals surface area contributed by atoms with E-state index in [4.69, 9.17) is 11.6 Å². The molecule has 0 saturated heterocycles. The van der Waals surface area contributed by atoms with Crippen molar-refractivity contribution in [3.8, 4) is 0 Å². The normalized spacial score (nSPS) is 12.5. The largest absolute Gasteiger partial charge is 0.207 e. The zero-order chi connectivity index (χ0) is 14.2. The van der Waals surface area contributed by atoms with E-state index in [9.17, 15) is 4.39 Å². The maximum atomic E-state index is 13.5. The van der Waals surface area contributed by atoms with E-state index < -0.39 is 0 Å². The molecule has 0 aliphatic heterocycles. The third-order valence-electron chi connectivity index (χ3n) is 2.78. The van der Waals surface area contributed by atoms with Gasteiger partial charge in [-0.15, -0.1) is 0 Å². The molecule has 0 saturated carbocycles. The Balaban J connectivity index is 2.52. The number of rotatable bonds is 2. The van der Waals surface area contributed by atoms with Gasteiger partial charge in [-0.2, -0.15) is 0 Å². The Labute approximate surface area is 141 Å². The van der Waals surface area contributed by atoms with Crippen molar-refractivity contribution in [2.75, 3.05) is 0 Å². The lowest BCUT2D eigenvalue weighted by Gasteiger charge is -2.16. The Morgan fingerprint density at radius 2 is 1.79 bits per heavy atom. The molecule has 0 radical (unpaired) electrons. The maximum Gasteiger partial charge on any atom is 0.127 e. The highest BCUT2D eigenvalue weighted by Crippen LogP contribution is 2.40. The second kappa shape index (κ2) is 6.25. The van der Waals surface area contributed by atoms with Gasteiger partial charge in [-0.25, -0.2) is 4.39 Å². The Kier molecular flexibility index (Phi) is 5.09. The molecule has 2 rings (SSSR count). The quantitative estimate of drug-likeness (QED) is 0.423. The lowest BCUT2D eigenvalue weighted by Crippen LogP contribution is -1.97. The van der Waals surface area contributed by atoms with Crippen LogP contribution in [0.15, 0.2) is 39.3 Å². The molecule has 0 spiro atoms. The second-order valence-corrected chi connectivity index (χ2v) is 7.24. The number of aryl methyl sites for hydroxylation is 1. The molecular weight excluding hydrogens is 462 g/mol. The molecule has 1 atom stereocenters. The summed E-state index contributed by atoms with van der Waals surface area (Å²) in [5.41, 5.74) is 2.46. The fourth-order valence-corrected chi connectivity index (χ4v) is 4.06. The maximum absolute atomic E-state index is 13.5. The lowest BCUT2D eigenvalue weighted by atomic mass is 10.0. The first kappa shape index (κ1) is 15.5. The first-order valence-electron chi connectivity index (χ1n) is 5.44. The summed E-state index contributed by atoms with van der Waals surface area (Å²) in [4.78, 5) is -0.105. The van der Waals surface area contributed by atoms with Gasteiger partial charge in [-0.05, 0) is 47.9 Å². The Morgan fingerprint density at radius 3 is 2.47 bits per heavy atom. The van der Waals surface area contributed by atoms with Crippen molar-refractivity contribution in [3.63, 3.8) is 0 Å². The number of hydrogen-bond acceptors (Lipinski definition) is 0. The van der Waals surface area contributed by atoms with E-state index in [0.717, 1.165) is 20.1 Å². The summed E-state index contributed by atoms with van der Waals surface area (Å²) in [7, 11) is 0. The predicted molar refractivity (Wildman–Crippen MR) is 88.8 cm³/mol. The average Bonchev–Trinajstić information content (AvgIpc) is 2.36. The molecule has 0 aromatic heterocycles. The molecule has 100 valence electrons. The molecule has 2 aromatic carbocycles. The molecule has 0 bridgehead atoms. The summed E-state index contributed by atoms with van der Waals surface area (Å²) >= 11 is 16.7. The lowest BCUT2D eigenvalue weighted by molar-refractivity contribution is 0.618. The molecule has 19 heavy (non-hydrogen) atoms. The molecule has 0 fully saturated rings. The van der Waals surface area contributed by atoms with Gasteiger partial charge >= 0.3 is 0 Å². The van der Waals surface area contributed by atoms with Gasteiger partial charge in [0.25, 0.3) is 0 Å². The van der Waals surface area contributed by atoms with Gasteiger partial charge in [-0.1, -0.05) is 65.5 Å². The van der Waals surface area contributed by atoms with Crippen molar-refractivity contribution < 1.29 is 4.39 Å². The summed E-state index contributed by atoms with van der Waals surface area (Å²) in [6, 6.07) is 9.03. The minimum atomic E-state index is -0.290. The van der Waals surface area contributed by atoms with E-state index >= 15 is 0 Å².